The number of aromatic nitrogens is 4. The third-order valence-corrected chi connectivity index (χ3v) is 5.36. The van der Waals surface area contributed by atoms with Gasteiger partial charge in [0.15, 0.2) is 0 Å². The molecular weight excluding hydrogens is 394 g/mol. The lowest BCUT2D eigenvalue weighted by Crippen LogP contribution is -2.08. The summed E-state index contributed by atoms with van der Waals surface area (Å²) in [5, 5.41) is 5.83. The molecule has 2 N–H and O–H groups in total. The Hall–Kier alpha value is -2.61. The number of nitrogen functional groups attached to an aromatic ring is 1. The minimum atomic E-state index is 0.317. The summed E-state index contributed by atoms with van der Waals surface area (Å²) in [6, 6.07) is 17.6. The number of nitrogens with two attached hydrogens (primary N) is 1. The molecule has 0 spiro atoms. The lowest BCUT2D eigenvalue weighted by Gasteiger charge is -2.12. The molecule has 0 atom stereocenters. The number of halogens is 1. The summed E-state index contributed by atoms with van der Waals surface area (Å²) in [6.07, 6.45) is 0. The average Bonchev–Trinajstić information content (AvgIpc) is 3.12. The third-order valence-electron chi connectivity index (χ3n) is 4.20. The maximum Gasteiger partial charge on any atom is 0.255 e. The summed E-state index contributed by atoms with van der Waals surface area (Å²) in [6.45, 7) is 0.317. The topological polar surface area (TPSA) is 78.3 Å². The molecule has 0 fully saturated rings. The van der Waals surface area contributed by atoms with Gasteiger partial charge in [-0.25, -0.2) is 4.98 Å². The van der Waals surface area contributed by atoms with Crippen molar-refractivity contribution in [2.24, 2.45) is 0 Å². The van der Waals surface area contributed by atoms with Crippen LogP contribution in [0.25, 0.3) is 16.9 Å². The molecule has 0 saturated heterocycles. The van der Waals surface area contributed by atoms with Crippen LogP contribution in [0, 0.1) is 0 Å². The van der Waals surface area contributed by atoms with Gasteiger partial charge in [0.2, 0.25) is 5.16 Å². The molecule has 142 valence electrons. The highest BCUT2D eigenvalue weighted by Crippen LogP contribution is 2.31. The minimum absolute atomic E-state index is 0.317. The van der Waals surface area contributed by atoms with Gasteiger partial charge in [0.25, 0.3) is 5.78 Å². The van der Waals surface area contributed by atoms with Crippen LogP contribution in [-0.4, -0.2) is 26.7 Å². The third kappa shape index (κ3) is 3.82. The number of fused-ring (bicyclic) bond motifs is 1. The second-order valence-corrected chi connectivity index (χ2v) is 7.52. The molecule has 28 heavy (non-hydrogen) atoms. The quantitative estimate of drug-likeness (QED) is 0.472. The van der Waals surface area contributed by atoms with E-state index in [2.05, 4.69) is 27.2 Å². The van der Waals surface area contributed by atoms with E-state index in [0.717, 1.165) is 16.9 Å². The van der Waals surface area contributed by atoms with Crippen LogP contribution in [0.5, 0.6) is 0 Å². The Bertz CT molecular complexity index is 1100. The van der Waals surface area contributed by atoms with E-state index >= 15 is 0 Å². The Morgan fingerprint density at radius 3 is 2.54 bits per heavy atom. The molecule has 0 amide bonds. The fraction of sp³-hybridized carbons (Fsp3) is 0.150. The van der Waals surface area contributed by atoms with E-state index in [1.54, 1.807) is 23.4 Å². The molecule has 4 rings (SSSR count). The maximum atomic E-state index is 6.46. The zero-order valence-corrected chi connectivity index (χ0v) is 16.7. The standard InChI is InChI=1S/C20H18ClN5OS/c1-27-11-16-17(14-7-9-15(21)10-8-14)18(22)26-19(23-16)24-20(25-26)28-12-13-5-3-2-4-6-13/h2-10H,11-12,22H2,1H3. The first-order valence-corrected chi connectivity index (χ1v) is 9.99. The van der Waals surface area contributed by atoms with E-state index < -0.39 is 0 Å². The molecule has 2 aromatic heterocycles. The van der Waals surface area contributed by atoms with Crippen molar-refractivity contribution < 1.29 is 4.74 Å². The van der Waals surface area contributed by atoms with Gasteiger partial charge in [-0.2, -0.15) is 9.50 Å². The molecule has 0 aliphatic heterocycles. The van der Waals surface area contributed by atoms with Gasteiger partial charge in [-0.1, -0.05) is 65.8 Å². The number of anilines is 1. The fourth-order valence-corrected chi connectivity index (χ4v) is 3.81. The summed E-state index contributed by atoms with van der Waals surface area (Å²) in [4.78, 5) is 9.17. The van der Waals surface area contributed by atoms with Crippen LogP contribution in [-0.2, 0) is 17.1 Å². The molecule has 0 aliphatic rings. The fourth-order valence-electron chi connectivity index (χ4n) is 2.91. The Morgan fingerprint density at radius 2 is 1.82 bits per heavy atom. The zero-order valence-electron chi connectivity index (χ0n) is 15.2. The highest BCUT2D eigenvalue weighted by atomic mass is 35.5. The monoisotopic (exact) mass is 411 g/mol. The van der Waals surface area contributed by atoms with E-state index in [9.17, 15) is 0 Å². The van der Waals surface area contributed by atoms with Crippen LogP contribution in [0.15, 0.2) is 59.8 Å². The molecule has 0 radical (unpaired) electrons. The number of thioether (sulfide) groups is 1. The number of methoxy groups -OCH3 is 1. The molecule has 0 bridgehead atoms. The second-order valence-electron chi connectivity index (χ2n) is 6.14. The number of hydrogen-bond donors (Lipinski definition) is 1. The normalized spacial score (nSPS) is 11.2. The number of benzene rings is 2. The van der Waals surface area contributed by atoms with Crippen molar-refractivity contribution in [2.45, 2.75) is 17.5 Å². The summed E-state index contributed by atoms with van der Waals surface area (Å²) in [5.74, 6) is 1.70. The molecular formula is C20H18ClN5OS. The molecule has 0 aliphatic carbocycles. The Morgan fingerprint density at radius 1 is 1.07 bits per heavy atom. The summed E-state index contributed by atoms with van der Waals surface area (Å²) >= 11 is 7.57. The van der Waals surface area contributed by atoms with E-state index in [0.29, 0.717) is 34.1 Å². The Kier molecular flexibility index (Phi) is 5.47. The molecule has 2 heterocycles. The first-order chi connectivity index (χ1) is 13.7. The molecule has 0 saturated carbocycles. The van der Waals surface area contributed by atoms with Crippen molar-refractivity contribution in [3.8, 4) is 11.1 Å². The largest absolute Gasteiger partial charge is 0.383 e. The van der Waals surface area contributed by atoms with Crippen molar-refractivity contribution in [3.63, 3.8) is 0 Å². The molecule has 2 aromatic carbocycles. The van der Waals surface area contributed by atoms with Crippen LogP contribution in [0.2, 0.25) is 5.02 Å². The lowest BCUT2D eigenvalue weighted by molar-refractivity contribution is 0.182. The summed E-state index contributed by atoms with van der Waals surface area (Å²) < 4.78 is 6.90. The van der Waals surface area contributed by atoms with Crippen LogP contribution < -0.4 is 5.73 Å². The number of hydrogen-bond acceptors (Lipinski definition) is 6. The first kappa shape index (κ1) is 18.7. The lowest BCUT2D eigenvalue weighted by atomic mass is 10.0. The van der Waals surface area contributed by atoms with Gasteiger partial charge in [0.1, 0.15) is 5.82 Å². The summed E-state index contributed by atoms with van der Waals surface area (Å²) in [7, 11) is 1.62. The van der Waals surface area contributed by atoms with Crippen molar-refractivity contribution >= 4 is 35.0 Å². The Labute approximate surface area is 171 Å². The van der Waals surface area contributed by atoms with Crippen LogP contribution in [0.1, 0.15) is 11.3 Å². The molecule has 8 heteroatoms. The molecule has 6 nitrogen and oxygen atoms in total. The van der Waals surface area contributed by atoms with Crippen molar-refractivity contribution in [1.29, 1.82) is 0 Å². The highest BCUT2D eigenvalue weighted by Gasteiger charge is 2.18. The van der Waals surface area contributed by atoms with Crippen LogP contribution in [0.4, 0.5) is 5.82 Å². The van der Waals surface area contributed by atoms with Crippen molar-refractivity contribution in [3.05, 3.63) is 70.9 Å². The van der Waals surface area contributed by atoms with Crippen molar-refractivity contribution in [2.75, 3.05) is 12.8 Å². The SMILES string of the molecule is COCc1nc2nc(SCc3ccccc3)nn2c(N)c1-c1ccc(Cl)cc1. The average molecular weight is 412 g/mol. The van der Waals surface area contributed by atoms with Gasteiger partial charge in [0.05, 0.1) is 12.3 Å². The van der Waals surface area contributed by atoms with Crippen LogP contribution in [0.3, 0.4) is 0 Å². The number of nitrogens with zero attached hydrogens (tertiary/aromatic N) is 4. The zero-order chi connectivity index (χ0) is 19.5. The van der Waals surface area contributed by atoms with Crippen LogP contribution >= 0.6 is 23.4 Å². The van der Waals surface area contributed by atoms with E-state index in [-0.39, 0.29) is 0 Å². The summed E-state index contributed by atoms with van der Waals surface area (Å²) in [5.41, 5.74) is 10.1. The predicted molar refractivity (Wildman–Crippen MR) is 112 cm³/mol. The van der Waals surface area contributed by atoms with Gasteiger partial charge in [-0.05, 0) is 23.3 Å². The van der Waals surface area contributed by atoms with Gasteiger partial charge >= 0.3 is 0 Å². The maximum absolute atomic E-state index is 6.46. The highest BCUT2D eigenvalue weighted by molar-refractivity contribution is 7.98. The van der Waals surface area contributed by atoms with E-state index in [1.165, 1.54) is 5.56 Å². The van der Waals surface area contributed by atoms with Gasteiger partial charge in [-0.3, -0.25) is 0 Å². The van der Waals surface area contributed by atoms with Crippen molar-refractivity contribution in [1.82, 2.24) is 19.6 Å². The minimum Gasteiger partial charge on any atom is -0.383 e. The van der Waals surface area contributed by atoms with Gasteiger partial charge in [-0.15, -0.1) is 5.10 Å². The Balaban J connectivity index is 1.73. The molecule has 4 aromatic rings. The van der Waals surface area contributed by atoms with E-state index in [1.807, 2.05) is 42.5 Å². The van der Waals surface area contributed by atoms with E-state index in [4.69, 9.17) is 22.1 Å². The first-order valence-electron chi connectivity index (χ1n) is 8.62. The predicted octanol–water partition coefficient (Wildman–Crippen LogP) is 4.47. The van der Waals surface area contributed by atoms with Gasteiger partial charge < -0.3 is 10.5 Å². The number of ether oxygens (including phenoxy) is 1. The number of rotatable bonds is 6. The van der Waals surface area contributed by atoms with Gasteiger partial charge in [0, 0.05) is 23.4 Å². The molecule has 0 unspecified atom stereocenters. The second kappa shape index (κ2) is 8.18. The smallest absolute Gasteiger partial charge is 0.255 e.